The van der Waals surface area contributed by atoms with Gasteiger partial charge in [0, 0.05) is 38.3 Å². The van der Waals surface area contributed by atoms with E-state index < -0.39 is 11.5 Å². The molecule has 0 aromatic heterocycles. The van der Waals surface area contributed by atoms with Crippen LogP contribution in [0.5, 0.6) is 5.75 Å². The number of amides is 3. The van der Waals surface area contributed by atoms with Gasteiger partial charge in [-0.15, -0.1) is 0 Å². The summed E-state index contributed by atoms with van der Waals surface area (Å²) in [5.74, 6) is -0.0689. The van der Waals surface area contributed by atoms with E-state index in [0.29, 0.717) is 43.9 Å². The molecule has 0 bridgehead atoms. The Hall–Kier alpha value is -2.61. The van der Waals surface area contributed by atoms with Crippen LogP contribution in [0.4, 0.5) is 5.69 Å². The molecule has 3 aliphatic rings. The molecular weight excluding hydrogens is 348 g/mol. The second kappa shape index (κ2) is 6.84. The van der Waals surface area contributed by atoms with Crippen molar-refractivity contribution in [2.45, 2.75) is 30.7 Å². The molecule has 8 nitrogen and oxygen atoms in total. The third-order valence-corrected chi connectivity index (χ3v) is 5.83. The Kier molecular flexibility index (Phi) is 4.51. The van der Waals surface area contributed by atoms with Crippen LogP contribution in [0.2, 0.25) is 0 Å². The van der Waals surface area contributed by atoms with Crippen LogP contribution < -0.4 is 20.7 Å². The summed E-state index contributed by atoms with van der Waals surface area (Å²) in [7, 11) is 1.58. The summed E-state index contributed by atoms with van der Waals surface area (Å²) in [5, 5.41) is 9.06. The fourth-order valence-corrected chi connectivity index (χ4v) is 4.25. The number of carbonyl (C=O) groups excluding carboxylic acids is 3. The van der Waals surface area contributed by atoms with Crippen molar-refractivity contribution in [1.29, 1.82) is 0 Å². The number of rotatable bonds is 2. The van der Waals surface area contributed by atoms with Gasteiger partial charge in [0.05, 0.1) is 13.0 Å². The zero-order valence-corrected chi connectivity index (χ0v) is 15.3. The number of anilines is 1. The van der Waals surface area contributed by atoms with E-state index in [9.17, 15) is 14.4 Å². The van der Waals surface area contributed by atoms with Gasteiger partial charge in [-0.25, -0.2) is 0 Å². The summed E-state index contributed by atoms with van der Waals surface area (Å²) in [5.41, 5.74) is 0.875. The molecule has 3 amide bonds. The third-order valence-electron chi connectivity index (χ3n) is 5.83. The smallest absolute Gasteiger partial charge is 0.240 e. The Bertz CT molecular complexity index is 786. The first-order chi connectivity index (χ1) is 13.0. The van der Waals surface area contributed by atoms with E-state index in [0.717, 1.165) is 12.1 Å². The van der Waals surface area contributed by atoms with Gasteiger partial charge in [0.25, 0.3) is 0 Å². The SMILES string of the molecule is COc1ccc2c(c1)C(C(=O)N1CCC3(CC1)NCCNC3=O)CC(=O)N2. The molecule has 8 heteroatoms. The minimum Gasteiger partial charge on any atom is -0.497 e. The number of nitrogens with zero attached hydrogens (tertiary/aromatic N) is 1. The van der Waals surface area contributed by atoms with Crippen LogP contribution in [-0.4, -0.2) is 61.4 Å². The highest BCUT2D eigenvalue weighted by molar-refractivity contribution is 6.01. The number of piperazine rings is 1. The number of hydrogen-bond donors (Lipinski definition) is 3. The van der Waals surface area contributed by atoms with Crippen molar-refractivity contribution in [3.8, 4) is 5.75 Å². The fraction of sp³-hybridized carbons (Fsp3) is 0.526. The Labute approximate surface area is 157 Å². The van der Waals surface area contributed by atoms with Crippen molar-refractivity contribution in [1.82, 2.24) is 15.5 Å². The molecule has 4 rings (SSSR count). The van der Waals surface area contributed by atoms with E-state index in [1.807, 2.05) is 6.07 Å². The highest BCUT2D eigenvalue weighted by Gasteiger charge is 2.44. The van der Waals surface area contributed by atoms with Crippen molar-refractivity contribution in [2.24, 2.45) is 0 Å². The summed E-state index contributed by atoms with van der Waals surface area (Å²) < 4.78 is 5.28. The van der Waals surface area contributed by atoms with Crippen LogP contribution in [0.3, 0.4) is 0 Å². The lowest BCUT2D eigenvalue weighted by Crippen LogP contribution is -2.67. The molecule has 0 saturated carbocycles. The monoisotopic (exact) mass is 372 g/mol. The number of methoxy groups -OCH3 is 1. The van der Waals surface area contributed by atoms with Gasteiger partial charge in [0.15, 0.2) is 0 Å². The van der Waals surface area contributed by atoms with Crippen LogP contribution in [-0.2, 0) is 14.4 Å². The van der Waals surface area contributed by atoms with Gasteiger partial charge in [0.1, 0.15) is 11.3 Å². The Morgan fingerprint density at radius 1 is 1.22 bits per heavy atom. The maximum absolute atomic E-state index is 13.2. The number of piperidine rings is 1. The number of hydrogen-bond acceptors (Lipinski definition) is 5. The van der Waals surface area contributed by atoms with Crippen molar-refractivity contribution in [3.05, 3.63) is 23.8 Å². The second-order valence-electron chi connectivity index (χ2n) is 7.35. The number of benzene rings is 1. The quantitative estimate of drug-likeness (QED) is 0.689. The second-order valence-corrected chi connectivity index (χ2v) is 7.35. The summed E-state index contributed by atoms with van der Waals surface area (Å²) in [6.45, 7) is 2.38. The first-order valence-corrected chi connectivity index (χ1v) is 9.32. The van der Waals surface area contributed by atoms with Gasteiger partial charge in [0.2, 0.25) is 17.7 Å². The van der Waals surface area contributed by atoms with Gasteiger partial charge < -0.3 is 25.6 Å². The minimum absolute atomic E-state index is 0.0213. The first kappa shape index (κ1) is 17.8. The van der Waals surface area contributed by atoms with Crippen molar-refractivity contribution in [2.75, 3.05) is 38.6 Å². The van der Waals surface area contributed by atoms with Crippen LogP contribution in [0.15, 0.2) is 18.2 Å². The molecule has 1 aromatic rings. The lowest BCUT2D eigenvalue weighted by atomic mass is 9.83. The van der Waals surface area contributed by atoms with Crippen molar-refractivity contribution in [3.63, 3.8) is 0 Å². The Morgan fingerprint density at radius 2 is 2.00 bits per heavy atom. The molecule has 3 aliphatic heterocycles. The topological polar surface area (TPSA) is 99.8 Å². The molecular formula is C19H24N4O4. The third kappa shape index (κ3) is 3.14. The maximum atomic E-state index is 13.2. The van der Waals surface area contributed by atoms with Gasteiger partial charge in [-0.3, -0.25) is 14.4 Å². The molecule has 3 N–H and O–H groups in total. The molecule has 1 atom stereocenters. The number of nitrogens with one attached hydrogen (secondary N) is 3. The van der Waals surface area contributed by atoms with Gasteiger partial charge in [-0.05, 0) is 36.6 Å². The number of fused-ring (bicyclic) bond motifs is 1. The van der Waals surface area contributed by atoms with Crippen molar-refractivity contribution < 1.29 is 19.1 Å². The van der Waals surface area contributed by atoms with E-state index in [1.165, 1.54) is 0 Å². The van der Waals surface area contributed by atoms with E-state index in [2.05, 4.69) is 16.0 Å². The highest BCUT2D eigenvalue weighted by atomic mass is 16.5. The van der Waals surface area contributed by atoms with Gasteiger partial charge >= 0.3 is 0 Å². The lowest BCUT2D eigenvalue weighted by Gasteiger charge is -2.44. The van der Waals surface area contributed by atoms with Crippen LogP contribution in [0.1, 0.15) is 30.7 Å². The molecule has 0 aliphatic carbocycles. The fourth-order valence-electron chi connectivity index (χ4n) is 4.25. The molecule has 3 heterocycles. The molecule has 144 valence electrons. The Balaban J connectivity index is 1.52. The zero-order valence-electron chi connectivity index (χ0n) is 15.3. The molecule has 2 saturated heterocycles. The largest absolute Gasteiger partial charge is 0.497 e. The Morgan fingerprint density at radius 3 is 2.70 bits per heavy atom. The summed E-state index contributed by atoms with van der Waals surface area (Å²) in [6.07, 6.45) is 1.28. The number of ether oxygens (including phenoxy) is 1. The van der Waals surface area contributed by atoms with Crippen molar-refractivity contribution >= 4 is 23.4 Å². The number of likely N-dealkylation sites (tertiary alicyclic amines) is 1. The summed E-state index contributed by atoms with van der Waals surface area (Å²) in [6, 6.07) is 5.36. The number of carbonyl (C=O) groups is 3. The molecule has 1 aromatic carbocycles. The summed E-state index contributed by atoms with van der Waals surface area (Å²) >= 11 is 0. The van der Waals surface area contributed by atoms with E-state index >= 15 is 0 Å². The van der Waals surface area contributed by atoms with E-state index in [4.69, 9.17) is 4.74 Å². The lowest BCUT2D eigenvalue weighted by molar-refractivity contribution is -0.140. The van der Waals surface area contributed by atoms with Crippen LogP contribution >= 0.6 is 0 Å². The molecule has 27 heavy (non-hydrogen) atoms. The average Bonchev–Trinajstić information content (AvgIpc) is 2.69. The van der Waals surface area contributed by atoms with E-state index in [1.54, 1.807) is 24.1 Å². The first-order valence-electron chi connectivity index (χ1n) is 9.32. The summed E-state index contributed by atoms with van der Waals surface area (Å²) in [4.78, 5) is 39.3. The van der Waals surface area contributed by atoms with Crippen LogP contribution in [0.25, 0.3) is 0 Å². The minimum atomic E-state index is -0.569. The zero-order chi connectivity index (χ0) is 19.0. The average molecular weight is 372 g/mol. The highest BCUT2D eigenvalue weighted by Crippen LogP contribution is 2.37. The van der Waals surface area contributed by atoms with Crippen LogP contribution in [0, 0.1) is 0 Å². The molecule has 2 fully saturated rings. The standard InChI is InChI=1S/C19H24N4O4/c1-27-12-2-3-15-13(10-12)14(11-16(24)22-15)17(25)23-8-4-19(5-9-23)18(26)20-6-7-21-19/h2-3,10,14,21H,4-9,11H2,1H3,(H,20,26)(H,22,24). The maximum Gasteiger partial charge on any atom is 0.240 e. The predicted octanol–water partition coefficient (Wildman–Crippen LogP) is 0.202. The van der Waals surface area contributed by atoms with E-state index in [-0.39, 0.29) is 24.1 Å². The molecule has 1 spiro atoms. The normalized spacial score (nSPS) is 24.0. The van der Waals surface area contributed by atoms with Gasteiger partial charge in [-0.2, -0.15) is 0 Å². The van der Waals surface area contributed by atoms with Gasteiger partial charge in [-0.1, -0.05) is 0 Å². The molecule has 1 unspecified atom stereocenters. The molecule has 0 radical (unpaired) electrons. The predicted molar refractivity (Wildman–Crippen MR) is 98.5 cm³/mol.